The van der Waals surface area contributed by atoms with Crippen LogP contribution in [0.3, 0.4) is 0 Å². The third-order valence-electron chi connectivity index (χ3n) is 1.94. The standard InChI is InChI=1S/C9H7F2N3O/c10-4-1-2-5(11)9(15)8(4)6-3-7(12)14-13-6/h1-3,15H,(H3,12,13,14). The smallest absolute Gasteiger partial charge is 0.165 e. The van der Waals surface area contributed by atoms with Gasteiger partial charge in [-0.3, -0.25) is 5.10 Å². The molecule has 0 amide bonds. The van der Waals surface area contributed by atoms with Crippen LogP contribution in [-0.2, 0) is 0 Å². The molecule has 0 fully saturated rings. The van der Waals surface area contributed by atoms with Gasteiger partial charge in [0.05, 0.1) is 11.3 Å². The minimum atomic E-state index is -0.903. The molecule has 1 aromatic carbocycles. The highest BCUT2D eigenvalue weighted by Gasteiger charge is 2.16. The van der Waals surface area contributed by atoms with Crippen molar-refractivity contribution >= 4 is 5.82 Å². The summed E-state index contributed by atoms with van der Waals surface area (Å²) < 4.78 is 26.3. The number of nitrogen functional groups attached to an aromatic ring is 1. The van der Waals surface area contributed by atoms with E-state index in [-0.39, 0.29) is 17.1 Å². The molecule has 2 rings (SSSR count). The number of halogens is 2. The number of nitrogens with two attached hydrogens (primary N) is 1. The number of nitrogens with one attached hydrogen (secondary N) is 1. The molecular weight excluding hydrogens is 204 g/mol. The average Bonchev–Trinajstić information content (AvgIpc) is 2.59. The van der Waals surface area contributed by atoms with Crippen LogP contribution in [0, 0.1) is 11.6 Å². The van der Waals surface area contributed by atoms with Gasteiger partial charge in [0.1, 0.15) is 11.6 Å². The van der Waals surface area contributed by atoms with Gasteiger partial charge in [-0.25, -0.2) is 8.78 Å². The van der Waals surface area contributed by atoms with Crippen LogP contribution >= 0.6 is 0 Å². The molecule has 0 aliphatic carbocycles. The third-order valence-corrected chi connectivity index (χ3v) is 1.94. The summed E-state index contributed by atoms with van der Waals surface area (Å²) in [5.74, 6) is -2.29. The Morgan fingerprint density at radius 1 is 1.27 bits per heavy atom. The Bertz CT molecular complexity index is 510. The van der Waals surface area contributed by atoms with Crippen molar-refractivity contribution in [3.05, 3.63) is 29.8 Å². The van der Waals surface area contributed by atoms with E-state index in [1.54, 1.807) is 0 Å². The lowest BCUT2D eigenvalue weighted by Crippen LogP contribution is -1.88. The second-order valence-corrected chi connectivity index (χ2v) is 2.96. The number of benzene rings is 1. The Morgan fingerprint density at radius 2 is 1.93 bits per heavy atom. The lowest BCUT2D eigenvalue weighted by atomic mass is 10.1. The van der Waals surface area contributed by atoms with Crippen molar-refractivity contribution in [2.24, 2.45) is 0 Å². The number of nitrogens with zero attached hydrogens (tertiary/aromatic N) is 1. The summed E-state index contributed by atoms with van der Waals surface area (Å²) in [7, 11) is 0. The predicted octanol–water partition coefficient (Wildman–Crippen LogP) is 1.64. The minimum Gasteiger partial charge on any atom is -0.504 e. The first kappa shape index (κ1) is 9.45. The summed E-state index contributed by atoms with van der Waals surface area (Å²) in [5, 5.41) is 15.3. The summed E-state index contributed by atoms with van der Waals surface area (Å²) in [6.07, 6.45) is 0. The van der Waals surface area contributed by atoms with Gasteiger partial charge in [-0.15, -0.1) is 0 Å². The van der Waals surface area contributed by atoms with Gasteiger partial charge in [-0.2, -0.15) is 5.10 Å². The molecule has 0 unspecified atom stereocenters. The Labute approximate surface area is 83.4 Å². The molecular formula is C9H7F2N3O. The summed E-state index contributed by atoms with van der Waals surface area (Å²) in [6.45, 7) is 0. The maximum Gasteiger partial charge on any atom is 0.165 e. The van der Waals surface area contributed by atoms with E-state index in [0.717, 1.165) is 12.1 Å². The number of hydrogen-bond acceptors (Lipinski definition) is 3. The predicted molar refractivity (Wildman–Crippen MR) is 50.0 cm³/mol. The van der Waals surface area contributed by atoms with Crippen molar-refractivity contribution in [1.29, 1.82) is 0 Å². The van der Waals surface area contributed by atoms with Crippen LogP contribution in [0.1, 0.15) is 0 Å². The fraction of sp³-hybridized carbons (Fsp3) is 0. The number of aromatic nitrogens is 2. The van der Waals surface area contributed by atoms with Crippen molar-refractivity contribution in [1.82, 2.24) is 10.2 Å². The lowest BCUT2D eigenvalue weighted by molar-refractivity contribution is 0.429. The molecule has 78 valence electrons. The molecule has 15 heavy (non-hydrogen) atoms. The molecule has 4 nitrogen and oxygen atoms in total. The first-order valence-electron chi connectivity index (χ1n) is 4.08. The van der Waals surface area contributed by atoms with E-state index in [4.69, 9.17) is 5.73 Å². The number of rotatable bonds is 1. The molecule has 0 atom stereocenters. The summed E-state index contributed by atoms with van der Waals surface area (Å²) in [4.78, 5) is 0. The van der Waals surface area contributed by atoms with Gasteiger partial charge in [-0.05, 0) is 12.1 Å². The molecule has 0 spiro atoms. The van der Waals surface area contributed by atoms with Crippen LogP contribution in [0.15, 0.2) is 18.2 Å². The van der Waals surface area contributed by atoms with Gasteiger partial charge in [0.15, 0.2) is 11.6 Å². The number of aromatic amines is 1. The number of aromatic hydroxyl groups is 1. The van der Waals surface area contributed by atoms with Gasteiger partial charge in [0.2, 0.25) is 0 Å². The zero-order valence-corrected chi connectivity index (χ0v) is 7.46. The summed E-state index contributed by atoms with van der Waals surface area (Å²) >= 11 is 0. The lowest BCUT2D eigenvalue weighted by Gasteiger charge is -2.03. The number of phenolic OH excluding ortho intramolecular Hbond substituents is 1. The highest BCUT2D eigenvalue weighted by atomic mass is 19.1. The van der Waals surface area contributed by atoms with E-state index < -0.39 is 17.4 Å². The Kier molecular flexibility index (Phi) is 2.03. The molecule has 0 saturated heterocycles. The molecule has 0 saturated carbocycles. The number of anilines is 1. The fourth-order valence-corrected chi connectivity index (χ4v) is 1.26. The van der Waals surface area contributed by atoms with E-state index in [1.165, 1.54) is 6.07 Å². The number of phenols is 1. The van der Waals surface area contributed by atoms with E-state index >= 15 is 0 Å². The molecule has 1 heterocycles. The van der Waals surface area contributed by atoms with Gasteiger partial charge in [0.25, 0.3) is 0 Å². The molecule has 2 aromatic rings. The van der Waals surface area contributed by atoms with Crippen molar-refractivity contribution < 1.29 is 13.9 Å². The normalized spacial score (nSPS) is 10.5. The molecule has 0 aliphatic heterocycles. The molecule has 6 heteroatoms. The van der Waals surface area contributed by atoms with E-state index in [9.17, 15) is 13.9 Å². The largest absolute Gasteiger partial charge is 0.504 e. The first-order chi connectivity index (χ1) is 7.09. The average molecular weight is 211 g/mol. The van der Waals surface area contributed by atoms with E-state index in [0.29, 0.717) is 0 Å². The number of hydrogen-bond donors (Lipinski definition) is 3. The Balaban J connectivity index is 2.66. The maximum absolute atomic E-state index is 13.3. The molecule has 1 aromatic heterocycles. The van der Waals surface area contributed by atoms with Crippen LogP contribution in [0.2, 0.25) is 0 Å². The highest BCUT2D eigenvalue weighted by Crippen LogP contribution is 2.33. The monoisotopic (exact) mass is 211 g/mol. The van der Waals surface area contributed by atoms with E-state index in [1.807, 2.05) is 0 Å². The quantitative estimate of drug-likeness (QED) is 0.671. The summed E-state index contributed by atoms with van der Waals surface area (Å²) in [5.41, 5.74) is 5.16. The second kappa shape index (κ2) is 3.23. The van der Waals surface area contributed by atoms with E-state index in [2.05, 4.69) is 10.2 Å². The highest BCUT2D eigenvalue weighted by molar-refractivity contribution is 5.69. The molecule has 0 aliphatic rings. The van der Waals surface area contributed by atoms with Gasteiger partial charge in [-0.1, -0.05) is 0 Å². The SMILES string of the molecule is Nc1cc(-c2c(F)ccc(F)c2O)[nH]n1. The topological polar surface area (TPSA) is 74.9 Å². The van der Waals surface area contributed by atoms with Crippen LogP contribution in [0.25, 0.3) is 11.3 Å². The van der Waals surface area contributed by atoms with Crippen LogP contribution < -0.4 is 5.73 Å². The number of H-pyrrole nitrogens is 1. The second-order valence-electron chi connectivity index (χ2n) is 2.96. The minimum absolute atomic E-state index is 0.127. The molecule has 0 bridgehead atoms. The first-order valence-corrected chi connectivity index (χ1v) is 4.08. The van der Waals surface area contributed by atoms with Crippen LogP contribution in [0.4, 0.5) is 14.6 Å². The van der Waals surface area contributed by atoms with Crippen LogP contribution in [-0.4, -0.2) is 15.3 Å². The molecule has 4 N–H and O–H groups in total. The van der Waals surface area contributed by atoms with Crippen molar-refractivity contribution in [3.8, 4) is 17.0 Å². The zero-order chi connectivity index (χ0) is 11.0. The van der Waals surface area contributed by atoms with Gasteiger partial charge >= 0.3 is 0 Å². The van der Waals surface area contributed by atoms with Crippen molar-refractivity contribution in [2.45, 2.75) is 0 Å². The van der Waals surface area contributed by atoms with Crippen molar-refractivity contribution in [3.63, 3.8) is 0 Å². The Morgan fingerprint density at radius 3 is 2.53 bits per heavy atom. The maximum atomic E-state index is 13.3. The van der Waals surface area contributed by atoms with Crippen LogP contribution in [0.5, 0.6) is 5.75 Å². The zero-order valence-electron chi connectivity index (χ0n) is 7.46. The summed E-state index contributed by atoms with van der Waals surface area (Å²) in [6, 6.07) is 3.06. The van der Waals surface area contributed by atoms with Gasteiger partial charge < -0.3 is 10.8 Å². The van der Waals surface area contributed by atoms with Gasteiger partial charge in [0, 0.05) is 6.07 Å². The third kappa shape index (κ3) is 1.50. The Hall–Kier alpha value is -2.11. The molecule has 0 radical (unpaired) electrons. The fourth-order valence-electron chi connectivity index (χ4n) is 1.26. The van der Waals surface area contributed by atoms with Crippen molar-refractivity contribution in [2.75, 3.05) is 5.73 Å².